The van der Waals surface area contributed by atoms with Gasteiger partial charge in [0.05, 0.1) is 21.1 Å². The lowest BCUT2D eigenvalue weighted by Gasteiger charge is -2.17. The molecule has 3 N–H and O–H groups in total. The van der Waals surface area contributed by atoms with Crippen LogP contribution in [0.1, 0.15) is 26.7 Å². The predicted molar refractivity (Wildman–Crippen MR) is 199 cm³/mol. The molecule has 2 heterocycles. The fraction of sp³-hybridized carbons (Fsp3) is 0.0270. The average Bonchev–Trinajstić information content (AvgIpc) is 3.85. The minimum atomic E-state index is -0.681. The molecule has 1 atom stereocenters. The zero-order chi connectivity index (χ0) is 34.9. The highest BCUT2D eigenvalue weighted by molar-refractivity contribution is 8.00. The lowest BCUT2D eigenvalue weighted by Crippen LogP contribution is -2.30. The summed E-state index contributed by atoms with van der Waals surface area (Å²) in [6.45, 7) is 0. The van der Waals surface area contributed by atoms with E-state index in [0.29, 0.717) is 16.4 Å². The Balaban J connectivity index is 1.19. The van der Waals surface area contributed by atoms with E-state index < -0.39 is 22.0 Å². The number of nitrogens with one attached hydrogen (secondary N) is 3. The van der Waals surface area contributed by atoms with E-state index >= 15 is 0 Å². The lowest BCUT2D eigenvalue weighted by atomic mass is 10.1. The average molecular weight is 718 g/mol. The first-order valence-electron chi connectivity index (χ1n) is 15.1. The van der Waals surface area contributed by atoms with Crippen LogP contribution in [-0.4, -0.2) is 27.6 Å². The monoisotopic (exact) mass is 717 g/mol. The van der Waals surface area contributed by atoms with Gasteiger partial charge in [-0.2, -0.15) is 0 Å². The van der Waals surface area contributed by atoms with E-state index in [9.17, 15) is 24.5 Å². The van der Waals surface area contributed by atoms with Crippen molar-refractivity contribution in [3.8, 4) is 10.6 Å². The number of nitro groups is 1. The topological polar surface area (TPSA) is 143 Å². The number of carbonyl (C=O) groups is 3. The quantitative estimate of drug-likeness (QED) is 0.0498. The number of thiophene rings is 1. The fourth-order valence-corrected chi connectivity index (χ4v) is 7.26. The van der Waals surface area contributed by atoms with Crippen LogP contribution >= 0.6 is 34.4 Å². The van der Waals surface area contributed by atoms with Gasteiger partial charge < -0.3 is 16.0 Å². The van der Waals surface area contributed by atoms with Crippen LogP contribution < -0.4 is 16.0 Å². The van der Waals surface area contributed by atoms with Gasteiger partial charge in [-0.15, -0.1) is 34.4 Å². The Morgan fingerprint density at radius 2 is 1.50 bits per heavy atom. The van der Waals surface area contributed by atoms with Gasteiger partial charge in [0.15, 0.2) is 5.13 Å². The molecule has 6 aromatic rings. The van der Waals surface area contributed by atoms with Gasteiger partial charge in [0.25, 0.3) is 17.5 Å². The largest absolute Gasteiger partial charge is 0.321 e. The maximum atomic E-state index is 13.6. The number of nitrogens with zero attached hydrogens (tertiary/aromatic N) is 2. The van der Waals surface area contributed by atoms with Crippen LogP contribution in [0, 0.1) is 10.1 Å². The Kier molecular flexibility index (Phi) is 10.9. The molecule has 1 unspecified atom stereocenters. The van der Waals surface area contributed by atoms with E-state index in [0.717, 1.165) is 21.0 Å². The first kappa shape index (κ1) is 34.0. The van der Waals surface area contributed by atoms with Crippen molar-refractivity contribution in [2.75, 3.05) is 10.6 Å². The van der Waals surface area contributed by atoms with E-state index in [1.165, 1.54) is 47.4 Å². The number of carbonyl (C=O) groups excluding carboxylic acids is 3. The number of hydrogen-bond donors (Lipinski definition) is 3. The molecule has 10 nitrogen and oxygen atoms in total. The van der Waals surface area contributed by atoms with Crippen LogP contribution in [-0.2, 0) is 9.59 Å². The van der Waals surface area contributed by atoms with Crippen molar-refractivity contribution >= 4 is 74.7 Å². The van der Waals surface area contributed by atoms with E-state index in [4.69, 9.17) is 0 Å². The van der Waals surface area contributed by atoms with Gasteiger partial charge in [-0.3, -0.25) is 24.5 Å². The molecule has 4 aromatic carbocycles. The Morgan fingerprint density at radius 3 is 2.20 bits per heavy atom. The maximum absolute atomic E-state index is 13.6. The third kappa shape index (κ3) is 8.57. The van der Waals surface area contributed by atoms with Crippen LogP contribution in [0.3, 0.4) is 0 Å². The number of para-hydroxylation sites is 1. The smallest absolute Gasteiger partial charge is 0.276 e. The summed E-state index contributed by atoms with van der Waals surface area (Å²) >= 11 is 4.28. The van der Waals surface area contributed by atoms with E-state index in [-0.39, 0.29) is 22.9 Å². The van der Waals surface area contributed by atoms with Gasteiger partial charge in [-0.1, -0.05) is 66.7 Å². The second kappa shape index (κ2) is 16.0. The Labute approximate surface area is 299 Å². The molecule has 13 heteroatoms. The second-order valence-corrected chi connectivity index (χ2v) is 13.6. The molecule has 2 aromatic heterocycles. The van der Waals surface area contributed by atoms with Crippen molar-refractivity contribution in [2.24, 2.45) is 0 Å². The fourth-order valence-electron chi connectivity index (χ4n) is 4.77. The molecule has 0 fully saturated rings. The number of nitro benzene ring substituents is 1. The molecule has 0 radical (unpaired) electrons. The minimum absolute atomic E-state index is 0.147. The SMILES string of the molecule is O=C(Nc1ccc(SC(C(=O)Nc2nc(-c3cccs3)cs2)c2ccccc2)cc1)/C(=C/c1ccccc1[N+](=O)[O-])NC(=O)c1ccccc1. The number of hydrogen-bond acceptors (Lipinski definition) is 9. The summed E-state index contributed by atoms with van der Waals surface area (Å²) in [5.41, 5.74) is 2.08. The summed E-state index contributed by atoms with van der Waals surface area (Å²) < 4.78 is 0. The van der Waals surface area contributed by atoms with Crippen molar-refractivity contribution < 1.29 is 19.3 Å². The summed E-state index contributed by atoms with van der Waals surface area (Å²) in [5, 5.41) is 23.8. The van der Waals surface area contributed by atoms with E-state index in [1.807, 2.05) is 53.2 Å². The highest BCUT2D eigenvalue weighted by Gasteiger charge is 2.24. The van der Waals surface area contributed by atoms with Gasteiger partial charge >= 0.3 is 0 Å². The van der Waals surface area contributed by atoms with Gasteiger partial charge in [-0.05, 0) is 65.6 Å². The summed E-state index contributed by atoms with van der Waals surface area (Å²) in [5.74, 6) is -1.47. The Morgan fingerprint density at radius 1 is 0.800 bits per heavy atom. The number of amides is 3. The molecule has 0 spiro atoms. The molecular formula is C37H27N5O5S3. The minimum Gasteiger partial charge on any atom is -0.321 e. The number of rotatable bonds is 12. The Hall–Kier alpha value is -5.89. The normalized spacial score (nSPS) is 11.7. The van der Waals surface area contributed by atoms with Crippen molar-refractivity contribution in [1.82, 2.24) is 10.3 Å². The molecule has 0 saturated heterocycles. The Bertz CT molecular complexity index is 2150. The predicted octanol–water partition coefficient (Wildman–Crippen LogP) is 8.66. The molecule has 6 rings (SSSR count). The summed E-state index contributed by atoms with van der Waals surface area (Å²) in [6, 6.07) is 34.5. The van der Waals surface area contributed by atoms with Crippen LogP contribution in [0.5, 0.6) is 0 Å². The molecule has 0 aliphatic carbocycles. The van der Waals surface area contributed by atoms with Crippen molar-refractivity contribution in [1.29, 1.82) is 0 Å². The molecule has 0 aliphatic heterocycles. The van der Waals surface area contributed by atoms with Gasteiger partial charge in [-0.25, -0.2) is 4.98 Å². The molecule has 0 saturated carbocycles. The van der Waals surface area contributed by atoms with Crippen molar-refractivity contribution in [2.45, 2.75) is 10.1 Å². The van der Waals surface area contributed by atoms with Crippen LogP contribution in [0.25, 0.3) is 16.6 Å². The van der Waals surface area contributed by atoms with Crippen molar-refractivity contribution in [3.63, 3.8) is 0 Å². The van der Waals surface area contributed by atoms with E-state index in [1.54, 1.807) is 72.0 Å². The molecule has 248 valence electrons. The van der Waals surface area contributed by atoms with Gasteiger partial charge in [0, 0.05) is 27.6 Å². The molecule has 0 bridgehead atoms. The molecule has 50 heavy (non-hydrogen) atoms. The highest BCUT2D eigenvalue weighted by atomic mass is 32.2. The van der Waals surface area contributed by atoms with Crippen LogP contribution in [0.2, 0.25) is 0 Å². The van der Waals surface area contributed by atoms with Crippen molar-refractivity contribution in [3.05, 3.63) is 165 Å². The summed E-state index contributed by atoms with van der Waals surface area (Å²) in [4.78, 5) is 57.6. The summed E-state index contributed by atoms with van der Waals surface area (Å²) in [6.07, 6.45) is 1.27. The molecule has 0 aliphatic rings. The molecular weight excluding hydrogens is 691 g/mol. The van der Waals surface area contributed by atoms with Crippen LogP contribution in [0.15, 0.2) is 143 Å². The van der Waals surface area contributed by atoms with Gasteiger partial charge in [0.1, 0.15) is 10.9 Å². The number of aromatic nitrogens is 1. The number of thiazole rings is 1. The first-order valence-corrected chi connectivity index (χ1v) is 17.7. The third-order valence-corrected chi connectivity index (χ3v) is 10.1. The number of benzene rings is 4. The lowest BCUT2D eigenvalue weighted by molar-refractivity contribution is -0.385. The first-order chi connectivity index (χ1) is 24.3. The maximum Gasteiger partial charge on any atom is 0.276 e. The zero-order valence-electron chi connectivity index (χ0n) is 26.0. The molecule has 3 amide bonds. The summed E-state index contributed by atoms with van der Waals surface area (Å²) in [7, 11) is 0. The zero-order valence-corrected chi connectivity index (χ0v) is 28.5. The van der Waals surface area contributed by atoms with E-state index in [2.05, 4.69) is 20.9 Å². The highest BCUT2D eigenvalue weighted by Crippen LogP contribution is 2.37. The van der Waals surface area contributed by atoms with Gasteiger partial charge in [0.2, 0.25) is 5.91 Å². The third-order valence-electron chi connectivity index (χ3n) is 7.18. The van der Waals surface area contributed by atoms with Crippen LogP contribution in [0.4, 0.5) is 16.5 Å². The number of anilines is 2. The second-order valence-electron chi connectivity index (χ2n) is 10.6. The standard InChI is InChI=1S/C37H27N5O5S3/c43-34(25-12-5-2-6-13-25)39-29(22-26-14-7-8-15-31(26)42(46)47)35(44)38-27-17-19-28(20-18-27)50-33(24-10-3-1-4-11-24)36(45)41-37-40-30(23-49-37)32-16-9-21-48-32/h1-23,33H,(H,38,44)(H,39,43)(H,40,41,45)/b29-22-. The number of thioether (sulfide) groups is 1.